The maximum atomic E-state index is 14.1. The first-order valence-corrected chi connectivity index (χ1v) is 12.6. The number of hydrogen-bond donors (Lipinski definition) is 3. The standard InChI is InChI=1S/C26H28FN5O4S/c1-14-5-3-7-19(15(14)2)32(26(35)23-20(28)21(24(29)33)31-37-23)22(16-8-10-17(27)11-9-16)25(34)30-13-18-6-4-12-36-18/h3,5,7-11,18,22H,4,6,12-13,28H2,1-2H3,(H2,29,33)(H,30,34). The quantitative estimate of drug-likeness (QED) is 0.412. The summed E-state index contributed by atoms with van der Waals surface area (Å²) in [6, 6.07) is 9.57. The Balaban J connectivity index is 1.85. The fraction of sp³-hybridized carbons (Fsp3) is 0.308. The van der Waals surface area contributed by atoms with Gasteiger partial charge in [-0.05, 0) is 73.1 Å². The minimum atomic E-state index is -1.19. The Labute approximate surface area is 217 Å². The first kappa shape index (κ1) is 26.2. The molecule has 0 spiro atoms. The molecule has 3 amide bonds. The van der Waals surface area contributed by atoms with Crippen LogP contribution in [0.2, 0.25) is 0 Å². The molecule has 9 nitrogen and oxygen atoms in total. The Morgan fingerprint density at radius 2 is 1.95 bits per heavy atom. The van der Waals surface area contributed by atoms with Crippen molar-refractivity contribution < 1.29 is 23.5 Å². The van der Waals surface area contributed by atoms with Crippen molar-refractivity contribution in [3.8, 4) is 0 Å². The number of amides is 3. The van der Waals surface area contributed by atoms with E-state index in [9.17, 15) is 18.8 Å². The third-order valence-corrected chi connectivity index (χ3v) is 7.28. The topological polar surface area (TPSA) is 141 Å². The summed E-state index contributed by atoms with van der Waals surface area (Å²) in [5.41, 5.74) is 13.6. The molecule has 0 radical (unpaired) electrons. The minimum Gasteiger partial charge on any atom is -0.395 e. The van der Waals surface area contributed by atoms with E-state index in [1.54, 1.807) is 12.1 Å². The molecule has 1 fully saturated rings. The van der Waals surface area contributed by atoms with Crippen LogP contribution in [-0.4, -0.2) is 41.4 Å². The highest BCUT2D eigenvalue weighted by Gasteiger charge is 2.37. The molecular weight excluding hydrogens is 497 g/mol. The summed E-state index contributed by atoms with van der Waals surface area (Å²) in [7, 11) is 0. The highest BCUT2D eigenvalue weighted by molar-refractivity contribution is 7.09. The molecule has 5 N–H and O–H groups in total. The van der Waals surface area contributed by atoms with Gasteiger partial charge in [-0.3, -0.25) is 19.3 Å². The third kappa shape index (κ3) is 5.47. The first-order valence-electron chi connectivity index (χ1n) is 11.8. The van der Waals surface area contributed by atoms with Gasteiger partial charge in [0.1, 0.15) is 16.7 Å². The smallest absolute Gasteiger partial charge is 0.273 e. The molecule has 1 saturated heterocycles. The molecule has 2 unspecified atom stereocenters. The highest BCUT2D eigenvalue weighted by Crippen LogP contribution is 2.35. The van der Waals surface area contributed by atoms with Crippen molar-refractivity contribution in [1.29, 1.82) is 0 Å². The van der Waals surface area contributed by atoms with Crippen molar-refractivity contribution in [2.45, 2.75) is 38.8 Å². The van der Waals surface area contributed by atoms with E-state index in [1.807, 2.05) is 19.9 Å². The zero-order valence-electron chi connectivity index (χ0n) is 20.5. The van der Waals surface area contributed by atoms with Crippen LogP contribution in [0.5, 0.6) is 0 Å². The number of hydrogen-bond acceptors (Lipinski definition) is 7. The summed E-state index contributed by atoms with van der Waals surface area (Å²) in [5.74, 6) is -2.47. The molecule has 0 saturated carbocycles. The summed E-state index contributed by atoms with van der Waals surface area (Å²) < 4.78 is 23.4. The van der Waals surface area contributed by atoms with Crippen molar-refractivity contribution in [3.63, 3.8) is 0 Å². The number of anilines is 2. The van der Waals surface area contributed by atoms with Crippen molar-refractivity contribution in [2.75, 3.05) is 23.8 Å². The molecule has 1 aromatic heterocycles. The van der Waals surface area contributed by atoms with E-state index in [0.717, 1.165) is 35.5 Å². The molecule has 0 bridgehead atoms. The largest absolute Gasteiger partial charge is 0.395 e. The molecule has 4 rings (SSSR count). The summed E-state index contributed by atoms with van der Waals surface area (Å²) >= 11 is 0.727. The van der Waals surface area contributed by atoms with Crippen LogP contribution in [0.4, 0.5) is 15.8 Å². The molecule has 0 aliphatic carbocycles. The second kappa shape index (κ2) is 11.1. The predicted molar refractivity (Wildman–Crippen MR) is 139 cm³/mol. The highest BCUT2D eigenvalue weighted by atomic mass is 32.1. The van der Waals surface area contributed by atoms with Crippen LogP contribution >= 0.6 is 11.5 Å². The predicted octanol–water partition coefficient (Wildman–Crippen LogP) is 3.26. The van der Waals surface area contributed by atoms with Crippen molar-refractivity contribution in [1.82, 2.24) is 9.69 Å². The number of carbonyl (C=O) groups is 3. The number of nitrogens with one attached hydrogen (secondary N) is 1. The van der Waals surface area contributed by atoms with E-state index in [2.05, 4.69) is 9.69 Å². The Morgan fingerprint density at radius 1 is 1.22 bits per heavy atom. The van der Waals surface area contributed by atoms with Gasteiger partial charge in [0.15, 0.2) is 5.69 Å². The molecule has 37 heavy (non-hydrogen) atoms. The maximum Gasteiger partial charge on any atom is 0.273 e. The average Bonchev–Trinajstić information content (AvgIpc) is 3.53. The van der Waals surface area contributed by atoms with E-state index in [1.165, 1.54) is 29.2 Å². The molecular formula is C26H28FN5O4S. The van der Waals surface area contributed by atoms with Gasteiger partial charge < -0.3 is 21.5 Å². The SMILES string of the molecule is Cc1cccc(N(C(=O)c2snc(C(N)=O)c2N)C(C(=O)NCC2CCCO2)c2ccc(F)cc2)c1C. The first-order chi connectivity index (χ1) is 17.7. The number of ether oxygens (including phenoxy) is 1. The second-order valence-corrected chi connectivity index (χ2v) is 9.64. The molecule has 3 aromatic rings. The molecule has 1 aliphatic heterocycles. The van der Waals surface area contributed by atoms with Crippen LogP contribution in [0, 0.1) is 19.7 Å². The number of aromatic nitrogens is 1. The summed E-state index contributed by atoms with van der Waals surface area (Å²) in [4.78, 5) is 40.9. The number of rotatable bonds is 8. The number of nitrogen functional groups attached to an aromatic ring is 1. The lowest BCUT2D eigenvalue weighted by Crippen LogP contribution is -2.46. The summed E-state index contributed by atoms with van der Waals surface area (Å²) in [6.07, 6.45) is 1.59. The van der Waals surface area contributed by atoms with Gasteiger partial charge >= 0.3 is 0 Å². The Bertz CT molecular complexity index is 1320. The normalized spacial score (nSPS) is 15.8. The van der Waals surface area contributed by atoms with E-state index >= 15 is 0 Å². The zero-order chi connectivity index (χ0) is 26.7. The van der Waals surface area contributed by atoms with Gasteiger partial charge in [-0.15, -0.1) is 0 Å². The number of aryl methyl sites for hydroxylation is 1. The molecule has 2 aromatic carbocycles. The summed E-state index contributed by atoms with van der Waals surface area (Å²) in [6.45, 7) is 4.61. The fourth-order valence-corrected chi connectivity index (χ4v) is 5.02. The van der Waals surface area contributed by atoms with Gasteiger partial charge in [0.25, 0.3) is 11.8 Å². The average molecular weight is 526 g/mol. The van der Waals surface area contributed by atoms with Gasteiger partial charge in [0.2, 0.25) is 5.91 Å². The van der Waals surface area contributed by atoms with Crippen LogP contribution in [0.15, 0.2) is 42.5 Å². The van der Waals surface area contributed by atoms with E-state index < -0.39 is 29.6 Å². The number of halogens is 1. The van der Waals surface area contributed by atoms with E-state index in [0.29, 0.717) is 17.9 Å². The number of nitrogens with two attached hydrogens (primary N) is 2. The van der Waals surface area contributed by atoms with E-state index in [4.69, 9.17) is 16.2 Å². The van der Waals surface area contributed by atoms with Crippen LogP contribution in [0.3, 0.4) is 0 Å². The monoisotopic (exact) mass is 525 g/mol. The number of nitrogens with zero attached hydrogens (tertiary/aromatic N) is 2. The molecule has 2 heterocycles. The van der Waals surface area contributed by atoms with Gasteiger partial charge in [-0.1, -0.05) is 24.3 Å². The van der Waals surface area contributed by atoms with Crippen LogP contribution in [0.25, 0.3) is 0 Å². The van der Waals surface area contributed by atoms with Gasteiger partial charge in [0, 0.05) is 18.8 Å². The lowest BCUT2D eigenvalue weighted by atomic mass is 9.99. The molecule has 194 valence electrons. The lowest BCUT2D eigenvalue weighted by molar-refractivity contribution is -0.123. The zero-order valence-corrected chi connectivity index (χ0v) is 21.3. The second-order valence-electron chi connectivity index (χ2n) is 8.87. The van der Waals surface area contributed by atoms with E-state index in [-0.39, 0.29) is 28.9 Å². The van der Waals surface area contributed by atoms with Gasteiger partial charge in [0.05, 0.1) is 11.8 Å². The minimum absolute atomic E-state index is 0.0336. The van der Waals surface area contributed by atoms with Crippen LogP contribution in [-0.2, 0) is 9.53 Å². The van der Waals surface area contributed by atoms with Crippen molar-refractivity contribution in [2.24, 2.45) is 5.73 Å². The van der Waals surface area contributed by atoms with Gasteiger partial charge in [-0.2, -0.15) is 4.37 Å². The van der Waals surface area contributed by atoms with Crippen LogP contribution < -0.4 is 21.7 Å². The summed E-state index contributed by atoms with van der Waals surface area (Å²) in [5, 5.41) is 2.90. The van der Waals surface area contributed by atoms with Crippen LogP contribution in [0.1, 0.15) is 55.7 Å². The Kier molecular flexibility index (Phi) is 7.84. The number of benzene rings is 2. The Hall–Kier alpha value is -3.83. The Morgan fingerprint density at radius 3 is 2.57 bits per heavy atom. The third-order valence-electron chi connectivity index (χ3n) is 6.43. The van der Waals surface area contributed by atoms with Crippen molar-refractivity contribution in [3.05, 3.63) is 75.5 Å². The van der Waals surface area contributed by atoms with Gasteiger partial charge in [-0.25, -0.2) is 4.39 Å². The molecule has 1 aliphatic rings. The lowest BCUT2D eigenvalue weighted by Gasteiger charge is -2.33. The molecule has 11 heteroatoms. The number of primary amides is 1. The number of carbonyl (C=O) groups excluding carboxylic acids is 3. The maximum absolute atomic E-state index is 14.1. The molecule has 2 atom stereocenters. The van der Waals surface area contributed by atoms with Crippen molar-refractivity contribution >= 4 is 40.6 Å². The fourth-order valence-electron chi connectivity index (χ4n) is 4.28.